The molecule has 1 aromatic carbocycles. The number of nitrogens with zero attached hydrogens (tertiary/aromatic N) is 3. The van der Waals surface area contributed by atoms with E-state index >= 15 is 0 Å². The highest BCUT2D eigenvalue weighted by atomic mass is 16.5. The number of hydrogen-bond donors (Lipinski definition) is 2. The molecule has 1 aliphatic carbocycles. The maximum atomic E-state index is 12.9. The molecule has 1 aliphatic heterocycles. The van der Waals surface area contributed by atoms with Crippen molar-refractivity contribution in [2.75, 3.05) is 31.6 Å². The zero-order valence-corrected chi connectivity index (χ0v) is 16.9. The molecule has 1 saturated heterocycles. The minimum Gasteiger partial charge on any atom is -0.492 e. The van der Waals surface area contributed by atoms with Gasteiger partial charge in [0.05, 0.1) is 5.69 Å². The Kier molecular flexibility index (Phi) is 5.85. The summed E-state index contributed by atoms with van der Waals surface area (Å²) in [6.45, 7) is 2.42. The molecule has 154 valence electrons. The van der Waals surface area contributed by atoms with Crippen molar-refractivity contribution in [3.8, 4) is 17.0 Å². The lowest BCUT2D eigenvalue weighted by Gasteiger charge is -2.36. The zero-order valence-electron chi connectivity index (χ0n) is 16.9. The first-order valence-electron chi connectivity index (χ1n) is 10.4. The Morgan fingerprint density at radius 2 is 2.24 bits per heavy atom. The van der Waals surface area contributed by atoms with Crippen LogP contribution in [0, 0.1) is 5.92 Å². The number of carbonyl (C=O) groups excluding carboxylic acids is 1. The van der Waals surface area contributed by atoms with Crippen LogP contribution in [0.15, 0.2) is 42.1 Å². The lowest BCUT2D eigenvalue weighted by Crippen LogP contribution is -2.42. The second kappa shape index (κ2) is 8.69. The summed E-state index contributed by atoms with van der Waals surface area (Å²) >= 11 is 0. The summed E-state index contributed by atoms with van der Waals surface area (Å²) in [5.74, 6) is 1.40. The van der Waals surface area contributed by atoms with Gasteiger partial charge in [-0.2, -0.15) is 5.10 Å². The summed E-state index contributed by atoms with van der Waals surface area (Å²) < 4.78 is 7.59. The molecular formula is C22H29N5O2. The molecule has 29 heavy (non-hydrogen) atoms. The van der Waals surface area contributed by atoms with E-state index < -0.39 is 0 Å². The van der Waals surface area contributed by atoms with E-state index in [0.717, 1.165) is 48.6 Å². The molecule has 1 aromatic heterocycles. The van der Waals surface area contributed by atoms with E-state index in [2.05, 4.69) is 16.5 Å². The number of carbonyl (C=O) groups is 1. The summed E-state index contributed by atoms with van der Waals surface area (Å²) in [5, 5.41) is 7.31. The second-order valence-electron chi connectivity index (χ2n) is 7.74. The summed E-state index contributed by atoms with van der Waals surface area (Å²) in [6, 6.07) is 7.56. The average Bonchev–Trinajstić information content (AvgIpc) is 3.18. The Hall–Kier alpha value is -2.80. The van der Waals surface area contributed by atoms with E-state index in [4.69, 9.17) is 10.5 Å². The summed E-state index contributed by atoms with van der Waals surface area (Å²) in [7, 11) is 1.88. The molecular weight excluding hydrogens is 366 g/mol. The molecule has 7 heteroatoms. The molecule has 2 heterocycles. The highest BCUT2D eigenvalue weighted by Gasteiger charge is 2.28. The van der Waals surface area contributed by atoms with Crippen molar-refractivity contribution >= 4 is 11.7 Å². The summed E-state index contributed by atoms with van der Waals surface area (Å²) in [5.41, 5.74) is 9.56. The molecule has 7 nitrogen and oxygen atoms in total. The van der Waals surface area contributed by atoms with Gasteiger partial charge in [-0.05, 0) is 55.9 Å². The molecule has 1 fully saturated rings. The van der Waals surface area contributed by atoms with Gasteiger partial charge < -0.3 is 20.7 Å². The van der Waals surface area contributed by atoms with Crippen molar-refractivity contribution < 1.29 is 9.53 Å². The van der Waals surface area contributed by atoms with Crippen LogP contribution in [0.1, 0.15) is 25.7 Å². The number of piperidine rings is 1. The quantitative estimate of drug-likeness (QED) is 0.760. The van der Waals surface area contributed by atoms with Crippen LogP contribution in [0.2, 0.25) is 0 Å². The number of ether oxygens (including phenoxy) is 1. The van der Waals surface area contributed by atoms with Crippen LogP contribution in [0.3, 0.4) is 0 Å². The van der Waals surface area contributed by atoms with Gasteiger partial charge >= 0.3 is 6.03 Å². The van der Waals surface area contributed by atoms with Gasteiger partial charge in [0.2, 0.25) is 0 Å². The third-order valence-corrected chi connectivity index (χ3v) is 5.80. The van der Waals surface area contributed by atoms with E-state index in [1.165, 1.54) is 18.4 Å². The minimum atomic E-state index is -0.0542. The van der Waals surface area contributed by atoms with Gasteiger partial charge in [0.1, 0.15) is 12.4 Å². The Morgan fingerprint density at radius 1 is 1.34 bits per heavy atom. The molecule has 3 N–H and O–H groups in total. The van der Waals surface area contributed by atoms with E-state index in [9.17, 15) is 4.79 Å². The summed E-state index contributed by atoms with van der Waals surface area (Å²) in [4.78, 5) is 14.8. The lowest BCUT2D eigenvalue weighted by atomic mass is 9.82. The molecule has 0 spiro atoms. The molecule has 4 rings (SSSR count). The van der Waals surface area contributed by atoms with Crippen molar-refractivity contribution in [1.29, 1.82) is 0 Å². The first-order chi connectivity index (χ1) is 14.2. The van der Waals surface area contributed by atoms with Crippen LogP contribution >= 0.6 is 0 Å². The predicted octanol–water partition coefficient (Wildman–Crippen LogP) is 3.39. The summed E-state index contributed by atoms with van der Waals surface area (Å²) in [6.07, 6.45) is 8.81. The van der Waals surface area contributed by atoms with Gasteiger partial charge in [-0.1, -0.05) is 11.6 Å². The van der Waals surface area contributed by atoms with Crippen molar-refractivity contribution in [2.45, 2.75) is 25.7 Å². The zero-order chi connectivity index (χ0) is 20.2. The van der Waals surface area contributed by atoms with Crippen molar-refractivity contribution in [2.24, 2.45) is 18.7 Å². The normalized spacial score (nSPS) is 18.8. The number of aryl methyl sites for hydroxylation is 1. The number of aromatic nitrogens is 2. The van der Waals surface area contributed by atoms with Gasteiger partial charge in [-0.3, -0.25) is 4.68 Å². The van der Waals surface area contributed by atoms with Crippen LogP contribution < -0.4 is 15.8 Å². The fourth-order valence-corrected chi connectivity index (χ4v) is 4.25. The standard InChI is InChI=1S/C22H29N5O2/c1-26-20(8-11-24-26)19-14-18(6-7-21(19)29-13-10-23)25-22(28)27-12-9-16-4-2-3-5-17(16)15-27/h5-8,11,14,16H,2-4,9-10,12-13,15,23H2,1H3,(H,25,28). The number of rotatable bonds is 5. The number of fused-ring (bicyclic) bond motifs is 1. The molecule has 0 bridgehead atoms. The van der Waals surface area contributed by atoms with Crippen LogP contribution in [-0.4, -0.2) is 47.0 Å². The van der Waals surface area contributed by atoms with E-state index in [-0.39, 0.29) is 6.03 Å². The number of nitrogens with two attached hydrogens (primary N) is 1. The SMILES string of the molecule is Cn1nccc1-c1cc(NC(=O)N2CCC3CCCC=C3C2)ccc1OCCN. The first kappa shape index (κ1) is 19.5. The van der Waals surface area contributed by atoms with Gasteiger partial charge in [-0.25, -0.2) is 4.79 Å². The van der Waals surface area contributed by atoms with E-state index in [1.54, 1.807) is 10.9 Å². The molecule has 1 atom stereocenters. The van der Waals surface area contributed by atoms with Gasteiger partial charge in [0, 0.05) is 44.1 Å². The highest BCUT2D eigenvalue weighted by molar-refractivity contribution is 5.91. The van der Waals surface area contributed by atoms with Gasteiger partial charge in [0.15, 0.2) is 0 Å². The topological polar surface area (TPSA) is 85.4 Å². The Balaban J connectivity index is 1.52. The fraction of sp³-hybridized carbons (Fsp3) is 0.455. The maximum Gasteiger partial charge on any atom is 0.322 e. The third kappa shape index (κ3) is 4.29. The van der Waals surface area contributed by atoms with Gasteiger partial charge in [-0.15, -0.1) is 0 Å². The largest absolute Gasteiger partial charge is 0.492 e. The molecule has 2 aliphatic rings. The Bertz CT molecular complexity index is 904. The number of likely N-dealkylation sites (tertiary alicyclic amines) is 1. The molecule has 0 saturated carbocycles. The van der Waals surface area contributed by atoms with Crippen LogP contribution in [0.25, 0.3) is 11.3 Å². The minimum absolute atomic E-state index is 0.0542. The molecule has 2 amide bonds. The number of anilines is 1. The fourth-order valence-electron chi connectivity index (χ4n) is 4.25. The molecule has 2 aromatic rings. The second-order valence-corrected chi connectivity index (χ2v) is 7.74. The smallest absolute Gasteiger partial charge is 0.322 e. The van der Waals surface area contributed by atoms with E-state index in [0.29, 0.717) is 19.1 Å². The number of nitrogens with one attached hydrogen (secondary N) is 1. The van der Waals surface area contributed by atoms with Crippen molar-refractivity contribution in [3.05, 3.63) is 42.1 Å². The number of hydrogen-bond acceptors (Lipinski definition) is 4. The highest BCUT2D eigenvalue weighted by Crippen LogP contribution is 2.34. The number of urea groups is 1. The van der Waals surface area contributed by atoms with E-state index in [1.807, 2.05) is 36.2 Å². The Labute approximate surface area is 171 Å². The van der Waals surface area contributed by atoms with Crippen LogP contribution in [0.4, 0.5) is 10.5 Å². The van der Waals surface area contributed by atoms with Crippen molar-refractivity contribution in [1.82, 2.24) is 14.7 Å². The van der Waals surface area contributed by atoms with Crippen molar-refractivity contribution in [3.63, 3.8) is 0 Å². The Morgan fingerprint density at radius 3 is 3.03 bits per heavy atom. The number of benzene rings is 1. The van der Waals surface area contributed by atoms with Crippen LogP contribution in [0.5, 0.6) is 5.75 Å². The number of amides is 2. The lowest BCUT2D eigenvalue weighted by molar-refractivity contribution is 0.199. The van der Waals surface area contributed by atoms with Crippen LogP contribution in [-0.2, 0) is 7.05 Å². The van der Waals surface area contributed by atoms with Gasteiger partial charge in [0.25, 0.3) is 0 Å². The maximum absolute atomic E-state index is 12.9. The molecule has 0 radical (unpaired) electrons. The predicted molar refractivity (Wildman–Crippen MR) is 114 cm³/mol. The monoisotopic (exact) mass is 395 g/mol. The number of allylic oxidation sites excluding steroid dienone is 1. The third-order valence-electron chi connectivity index (χ3n) is 5.80. The first-order valence-corrected chi connectivity index (χ1v) is 10.4. The average molecular weight is 396 g/mol. The molecule has 1 unspecified atom stereocenters.